The van der Waals surface area contributed by atoms with Crippen LogP contribution in [-0.2, 0) is 16.5 Å². The molecule has 4 unspecified atom stereocenters. The van der Waals surface area contributed by atoms with Crippen molar-refractivity contribution in [1.29, 1.82) is 0 Å². The number of rotatable bonds is 16. The fourth-order valence-electron chi connectivity index (χ4n) is 2.24. The third-order valence-electron chi connectivity index (χ3n) is 3.68. The maximum atomic E-state index is 10.8. The molecule has 0 saturated carbocycles. The van der Waals surface area contributed by atoms with E-state index in [1.165, 1.54) is 26.2 Å². The monoisotopic (exact) mass is 576 g/mol. The van der Waals surface area contributed by atoms with Crippen LogP contribution in [-0.4, -0.2) is 85.5 Å². The summed E-state index contributed by atoms with van der Waals surface area (Å²) >= 11 is 16.6. The van der Waals surface area contributed by atoms with E-state index in [1.54, 1.807) is 0 Å². The van der Waals surface area contributed by atoms with E-state index in [4.69, 9.17) is 16.5 Å². The Morgan fingerprint density at radius 3 is 0.793 bits per heavy atom. The molecule has 0 radical (unpaired) electrons. The molecular formula is C12H36O8S4Si5. The highest BCUT2D eigenvalue weighted by Crippen LogP contribution is 2.31. The van der Waals surface area contributed by atoms with Gasteiger partial charge in [-0.15, -0.1) is 0 Å². The molecule has 0 aliphatic carbocycles. The molecule has 176 valence electrons. The van der Waals surface area contributed by atoms with Crippen LogP contribution in [0.5, 0.6) is 0 Å². The Hall–Kier alpha value is 2.16. The lowest BCUT2D eigenvalue weighted by molar-refractivity contribution is 0.0944. The van der Waals surface area contributed by atoms with Gasteiger partial charge in [-0.2, -0.15) is 50.5 Å². The van der Waals surface area contributed by atoms with Crippen LogP contribution in [0.15, 0.2) is 0 Å². The fraction of sp³-hybridized carbons (Fsp3) is 1.00. The standard InChI is InChI=1S/C12H36O8S4Si5/c1-25(13,9-5-21)17-29(18-26(2,14)10-6-22,19-27(3,15)11-7-23)20-28(4,16)12-8-24/h13-16,21-24H,5-12H2,1-4H3. The summed E-state index contributed by atoms with van der Waals surface area (Å²) in [5, 5.41) is 0. The van der Waals surface area contributed by atoms with E-state index in [0.29, 0.717) is 23.0 Å². The van der Waals surface area contributed by atoms with Crippen molar-refractivity contribution in [2.45, 2.75) is 50.4 Å². The SMILES string of the molecule is C[Si](O)(CCS)O[Si](O[Si](C)(O)CCS)(O[Si](C)(O)CCS)O[Si](C)(O)CCS. The second kappa shape index (κ2) is 13.2. The molecule has 0 aromatic carbocycles. The summed E-state index contributed by atoms with van der Waals surface area (Å²) in [4.78, 5) is 43.4. The second-order valence-electron chi connectivity index (χ2n) is 7.50. The van der Waals surface area contributed by atoms with Crippen LogP contribution >= 0.6 is 50.5 Å². The van der Waals surface area contributed by atoms with Gasteiger partial charge in [-0.3, -0.25) is 0 Å². The summed E-state index contributed by atoms with van der Waals surface area (Å²) in [6.07, 6.45) is 0. The van der Waals surface area contributed by atoms with E-state index in [-0.39, 0.29) is 24.2 Å². The average molecular weight is 577 g/mol. The molecule has 8 nitrogen and oxygen atoms in total. The predicted octanol–water partition coefficient (Wildman–Crippen LogP) is 1.46. The Bertz CT molecular complexity index is 404. The average Bonchev–Trinajstić information content (AvgIpc) is 2.43. The first-order valence-electron chi connectivity index (χ1n) is 9.21. The molecule has 4 atom stereocenters. The molecule has 0 aromatic rings. The summed E-state index contributed by atoms with van der Waals surface area (Å²) in [5.41, 5.74) is 0. The van der Waals surface area contributed by atoms with Gasteiger partial charge >= 0.3 is 43.3 Å². The molecule has 4 N–H and O–H groups in total. The van der Waals surface area contributed by atoms with Crippen molar-refractivity contribution in [2.24, 2.45) is 0 Å². The highest BCUT2D eigenvalue weighted by Gasteiger charge is 2.61. The lowest BCUT2D eigenvalue weighted by atomic mass is 11.0. The topological polar surface area (TPSA) is 118 Å². The van der Waals surface area contributed by atoms with Gasteiger partial charge in [0.15, 0.2) is 0 Å². The molecule has 0 heterocycles. The molecule has 0 spiro atoms. The lowest BCUT2D eigenvalue weighted by Crippen LogP contribution is -2.68. The fourth-order valence-corrected chi connectivity index (χ4v) is 22.4. The zero-order valence-electron chi connectivity index (χ0n) is 17.4. The van der Waals surface area contributed by atoms with E-state index in [2.05, 4.69) is 50.5 Å². The van der Waals surface area contributed by atoms with Crippen LogP contribution in [0.3, 0.4) is 0 Å². The van der Waals surface area contributed by atoms with E-state index >= 15 is 0 Å². The first kappa shape index (κ1) is 31.2. The van der Waals surface area contributed by atoms with Crippen molar-refractivity contribution in [3.63, 3.8) is 0 Å². The normalized spacial score (nSPS) is 22.8. The minimum Gasteiger partial charge on any atom is -0.411 e. The molecule has 0 fully saturated rings. The Morgan fingerprint density at radius 2 is 0.655 bits per heavy atom. The van der Waals surface area contributed by atoms with E-state index in [0.717, 1.165) is 0 Å². The molecular weight excluding hydrogens is 541 g/mol. The number of hydrogen-bond acceptors (Lipinski definition) is 12. The van der Waals surface area contributed by atoms with Crippen molar-refractivity contribution >= 4 is 93.8 Å². The smallest absolute Gasteiger partial charge is 0.411 e. The zero-order valence-corrected chi connectivity index (χ0v) is 25.9. The number of thiol groups is 4. The van der Waals surface area contributed by atoms with Crippen molar-refractivity contribution in [1.82, 2.24) is 0 Å². The molecule has 0 amide bonds. The summed E-state index contributed by atoms with van der Waals surface area (Å²) < 4.78 is 23.9. The third kappa shape index (κ3) is 13.5. The lowest BCUT2D eigenvalue weighted by Gasteiger charge is -2.43. The van der Waals surface area contributed by atoms with E-state index in [1.807, 2.05) is 0 Å². The molecule has 0 aliphatic rings. The Kier molecular flexibility index (Phi) is 14.1. The summed E-state index contributed by atoms with van der Waals surface area (Å²) in [6.45, 7) is 6.11. The summed E-state index contributed by atoms with van der Waals surface area (Å²) in [7, 11) is -18.1. The van der Waals surface area contributed by atoms with Gasteiger partial charge in [0.05, 0.1) is 0 Å². The van der Waals surface area contributed by atoms with Gasteiger partial charge in [0.1, 0.15) is 0 Å². The van der Waals surface area contributed by atoms with Crippen LogP contribution in [0.25, 0.3) is 0 Å². The van der Waals surface area contributed by atoms with Crippen LogP contribution in [0, 0.1) is 0 Å². The van der Waals surface area contributed by atoms with Gasteiger partial charge in [0.25, 0.3) is 0 Å². The highest BCUT2D eigenvalue weighted by molar-refractivity contribution is 7.80. The van der Waals surface area contributed by atoms with Gasteiger partial charge in [-0.1, -0.05) is 0 Å². The zero-order chi connectivity index (χ0) is 23.0. The summed E-state index contributed by atoms with van der Waals surface area (Å²) in [6, 6.07) is 0.959. The summed E-state index contributed by atoms with van der Waals surface area (Å²) in [5.74, 6) is 1.40. The first-order chi connectivity index (χ1) is 13.1. The Balaban J connectivity index is 6.27. The maximum absolute atomic E-state index is 10.8. The van der Waals surface area contributed by atoms with Gasteiger partial charge < -0.3 is 35.6 Å². The second-order valence-corrected chi connectivity index (χ2v) is 25.0. The Labute approximate surface area is 201 Å². The van der Waals surface area contributed by atoms with Crippen molar-refractivity contribution in [3.05, 3.63) is 0 Å². The van der Waals surface area contributed by atoms with Crippen LogP contribution < -0.4 is 0 Å². The molecule has 0 aliphatic heterocycles. The maximum Gasteiger partial charge on any atom is 0.643 e. The quantitative estimate of drug-likeness (QED) is 0.103. The van der Waals surface area contributed by atoms with Crippen molar-refractivity contribution < 1.29 is 35.6 Å². The largest absolute Gasteiger partial charge is 0.643 e. The minimum absolute atomic E-state index is 0.240. The highest BCUT2D eigenvalue weighted by atomic mass is 32.1. The van der Waals surface area contributed by atoms with Crippen molar-refractivity contribution in [2.75, 3.05) is 23.0 Å². The van der Waals surface area contributed by atoms with Gasteiger partial charge in [0, 0.05) is 0 Å². The van der Waals surface area contributed by atoms with Crippen molar-refractivity contribution in [3.8, 4) is 0 Å². The Morgan fingerprint density at radius 1 is 0.483 bits per heavy atom. The first-order valence-corrected chi connectivity index (χ1v) is 23.6. The van der Waals surface area contributed by atoms with Gasteiger partial charge in [0.2, 0.25) is 0 Å². The molecule has 29 heavy (non-hydrogen) atoms. The van der Waals surface area contributed by atoms with Crippen LogP contribution in [0.1, 0.15) is 0 Å². The van der Waals surface area contributed by atoms with Crippen LogP contribution in [0.4, 0.5) is 0 Å². The molecule has 0 aromatic heterocycles. The van der Waals surface area contributed by atoms with Gasteiger partial charge in [-0.05, 0) is 73.4 Å². The molecule has 0 bridgehead atoms. The number of hydrogen-bond donors (Lipinski definition) is 8. The van der Waals surface area contributed by atoms with E-state index < -0.39 is 43.3 Å². The van der Waals surface area contributed by atoms with Gasteiger partial charge in [-0.25, -0.2) is 0 Å². The predicted molar refractivity (Wildman–Crippen MR) is 140 cm³/mol. The van der Waals surface area contributed by atoms with Crippen LogP contribution in [0.2, 0.25) is 50.4 Å². The minimum atomic E-state index is -4.38. The third-order valence-corrected chi connectivity index (χ3v) is 22.0. The molecule has 0 rings (SSSR count). The molecule has 17 heteroatoms. The molecule has 0 saturated heterocycles. The van der Waals surface area contributed by atoms with E-state index in [9.17, 15) is 19.2 Å².